The minimum atomic E-state index is 0.914. The van der Waals surface area contributed by atoms with Crippen molar-refractivity contribution in [2.45, 2.75) is 19.9 Å². The molecule has 1 aliphatic heterocycles. The van der Waals surface area contributed by atoms with E-state index in [-0.39, 0.29) is 0 Å². The van der Waals surface area contributed by atoms with Crippen LogP contribution in [0.25, 0.3) is 0 Å². The molecule has 0 amide bonds. The summed E-state index contributed by atoms with van der Waals surface area (Å²) in [5.41, 5.74) is 1.25. The van der Waals surface area contributed by atoms with Crippen molar-refractivity contribution in [3.05, 3.63) is 35.7 Å². The van der Waals surface area contributed by atoms with Gasteiger partial charge in [0.1, 0.15) is 11.6 Å². The number of ether oxygens (including phenoxy) is 1. The van der Waals surface area contributed by atoms with E-state index in [4.69, 9.17) is 4.74 Å². The van der Waals surface area contributed by atoms with Crippen LogP contribution in [-0.2, 0) is 20.0 Å². The number of para-hydroxylation sites is 1. The lowest BCUT2D eigenvalue weighted by Gasteiger charge is -2.35. The van der Waals surface area contributed by atoms with Gasteiger partial charge in [-0.05, 0) is 6.07 Å². The van der Waals surface area contributed by atoms with E-state index in [0.29, 0.717) is 0 Å². The van der Waals surface area contributed by atoms with Crippen LogP contribution in [0.1, 0.15) is 18.3 Å². The Balaban J connectivity index is 1.61. The van der Waals surface area contributed by atoms with Gasteiger partial charge in [0.2, 0.25) is 5.95 Å². The van der Waals surface area contributed by atoms with Gasteiger partial charge < -0.3 is 14.2 Å². The van der Waals surface area contributed by atoms with Crippen molar-refractivity contribution in [2.24, 2.45) is 7.05 Å². The Labute approximate surface area is 137 Å². The molecule has 0 bridgehead atoms. The zero-order valence-corrected chi connectivity index (χ0v) is 14.2. The number of benzene rings is 1. The highest BCUT2D eigenvalue weighted by Crippen LogP contribution is 2.21. The van der Waals surface area contributed by atoms with Gasteiger partial charge in [0.05, 0.1) is 7.11 Å². The maximum atomic E-state index is 5.45. The second-order valence-electron chi connectivity index (χ2n) is 5.90. The highest BCUT2D eigenvalue weighted by molar-refractivity contribution is 5.34. The topological polar surface area (TPSA) is 46.4 Å². The van der Waals surface area contributed by atoms with Crippen LogP contribution >= 0.6 is 0 Å². The van der Waals surface area contributed by atoms with Crippen molar-refractivity contribution in [1.29, 1.82) is 0 Å². The SMILES string of the molecule is CCc1nnc(N2CCN(Cc3ccccc3OC)CC2)n1C. The Bertz CT molecular complexity index is 646. The van der Waals surface area contributed by atoms with Gasteiger partial charge >= 0.3 is 0 Å². The first-order valence-corrected chi connectivity index (χ1v) is 8.20. The Morgan fingerprint density at radius 1 is 1.09 bits per heavy atom. The van der Waals surface area contributed by atoms with E-state index in [1.54, 1.807) is 7.11 Å². The minimum absolute atomic E-state index is 0.914. The molecule has 6 heteroatoms. The molecule has 2 aromatic rings. The van der Waals surface area contributed by atoms with Gasteiger partial charge in [0, 0.05) is 51.8 Å². The largest absolute Gasteiger partial charge is 0.496 e. The molecule has 2 heterocycles. The first-order valence-electron chi connectivity index (χ1n) is 8.20. The van der Waals surface area contributed by atoms with Gasteiger partial charge in [-0.3, -0.25) is 4.90 Å². The normalized spacial score (nSPS) is 15.9. The lowest BCUT2D eigenvalue weighted by molar-refractivity contribution is 0.244. The smallest absolute Gasteiger partial charge is 0.227 e. The Kier molecular flexibility index (Phi) is 4.81. The fourth-order valence-corrected chi connectivity index (χ4v) is 3.12. The molecule has 23 heavy (non-hydrogen) atoms. The molecule has 0 saturated carbocycles. The first kappa shape index (κ1) is 15.8. The summed E-state index contributed by atoms with van der Waals surface area (Å²) in [5, 5.41) is 8.61. The molecule has 0 atom stereocenters. The molecule has 6 nitrogen and oxygen atoms in total. The number of nitrogens with zero attached hydrogens (tertiary/aromatic N) is 5. The summed E-state index contributed by atoms with van der Waals surface area (Å²) >= 11 is 0. The van der Waals surface area contributed by atoms with Crippen LogP contribution in [0.15, 0.2) is 24.3 Å². The average molecular weight is 315 g/mol. The molecule has 0 radical (unpaired) electrons. The van der Waals surface area contributed by atoms with E-state index in [9.17, 15) is 0 Å². The predicted octanol–water partition coefficient (Wildman–Crippen LogP) is 1.71. The van der Waals surface area contributed by atoms with Crippen molar-refractivity contribution in [3.8, 4) is 5.75 Å². The summed E-state index contributed by atoms with van der Waals surface area (Å²) in [6.45, 7) is 7.03. The van der Waals surface area contributed by atoms with Gasteiger partial charge in [-0.25, -0.2) is 0 Å². The number of hydrogen-bond donors (Lipinski definition) is 0. The van der Waals surface area contributed by atoms with E-state index < -0.39 is 0 Å². The Hall–Kier alpha value is -2.08. The molecule has 3 rings (SSSR count). The third kappa shape index (κ3) is 3.32. The van der Waals surface area contributed by atoms with Gasteiger partial charge in [0.15, 0.2) is 0 Å². The first-order chi connectivity index (χ1) is 11.2. The van der Waals surface area contributed by atoms with E-state index in [1.807, 2.05) is 12.1 Å². The van der Waals surface area contributed by atoms with Crippen LogP contribution in [0.5, 0.6) is 5.75 Å². The average Bonchev–Trinajstić information content (AvgIpc) is 2.97. The fraction of sp³-hybridized carbons (Fsp3) is 0.529. The van der Waals surface area contributed by atoms with Crippen molar-refractivity contribution in [3.63, 3.8) is 0 Å². The molecular weight excluding hydrogens is 290 g/mol. The molecule has 0 N–H and O–H groups in total. The van der Waals surface area contributed by atoms with Crippen molar-refractivity contribution in [2.75, 3.05) is 38.2 Å². The van der Waals surface area contributed by atoms with Gasteiger partial charge in [0.25, 0.3) is 0 Å². The predicted molar refractivity (Wildman–Crippen MR) is 90.9 cm³/mol. The molecule has 1 aliphatic rings. The lowest BCUT2D eigenvalue weighted by Crippen LogP contribution is -2.46. The van der Waals surface area contributed by atoms with Crippen LogP contribution in [0.4, 0.5) is 5.95 Å². The highest BCUT2D eigenvalue weighted by Gasteiger charge is 2.22. The molecular formula is C17H25N5O. The maximum absolute atomic E-state index is 5.45. The minimum Gasteiger partial charge on any atom is -0.496 e. The summed E-state index contributed by atoms with van der Waals surface area (Å²) in [7, 11) is 3.78. The zero-order chi connectivity index (χ0) is 16.2. The van der Waals surface area contributed by atoms with Gasteiger partial charge in [-0.2, -0.15) is 0 Å². The standard InChI is InChI=1S/C17H25N5O/c1-4-16-18-19-17(20(16)2)22-11-9-21(10-12-22)13-14-7-5-6-8-15(14)23-3/h5-8H,4,9-13H2,1-3H3. The third-order valence-electron chi connectivity index (χ3n) is 4.50. The molecule has 1 aromatic carbocycles. The zero-order valence-electron chi connectivity index (χ0n) is 14.2. The number of aryl methyl sites for hydroxylation is 1. The van der Waals surface area contributed by atoms with E-state index in [2.05, 4.69) is 50.7 Å². The summed E-state index contributed by atoms with van der Waals surface area (Å²) in [6.07, 6.45) is 0.914. The van der Waals surface area contributed by atoms with E-state index in [1.165, 1.54) is 5.56 Å². The van der Waals surface area contributed by atoms with Crippen LogP contribution in [0, 0.1) is 0 Å². The second kappa shape index (κ2) is 7.00. The molecule has 0 aliphatic carbocycles. The van der Waals surface area contributed by atoms with Gasteiger partial charge in [-0.1, -0.05) is 25.1 Å². The van der Waals surface area contributed by atoms with Crippen LogP contribution in [0.3, 0.4) is 0 Å². The molecule has 1 fully saturated rings. The van der Waals surface area contributed by atoms with E-state index in [0.717, 1.165) is 56.7 Å². The van der Waals surface area contributed by atoms with E-state index >= 15 is 0 Å². The number of hydrogen-bond acceptors (Lipinski definition) is 5. The van der Waals surface area contributed by atoms with Crippen molar-refractivity contribution in [1.82, 2.24) is 19.7 Å². The number of aromatic nitrogens is 3. The molecule has 1 aromatic heterocycles. The Morgan fingerprint density at radius 2 is 1.83 bits per heavy atom. The number of rotatable bonds is 5. The Morgan fingerprint density at radius 3 is 2.48 bits per heavy atom. The summed E-state index contributed by atoms with van der Waals surface area (Å²) in [5.74, 6) is 2.99. The van der Waals surface area contributed by atoms with Crippen LogP contribution < -0.4 is 9.64 Å². The summed E-state index contributed by atoms with van der Waals surface area (Å²) in [6, 6.07) is 8.25. The maximum Gasteiger partial charge on any atom is 0.227 e. The van der Waals surface area contributed by atoms with Gasteiger partial charge in [-0.15, -0.1) is 10.2 Å². The third-order valence-corrected chi connectivity index (χ3v) is 4.50. The number of methoxy groups -OCH3 is 1. The molecule has 0 unspecified atom stereocenters. The molecule has 1 saturated heterocycles. The summed E-state index contributed by atoms with van der Waals surface area (Å²) < 4.78 is 7.56. The lowest BCUT2D eigenvalue weighted by atomic mass is 10.1. The van der Waals surface area contributed by atoms with Crippen LogP contribution in [-0.4, -0.2) is 53.0 Å². The summed E-state index contributed by atoms with van der Waals surface area (Å²) in [4.78, 5) is 4.79. The van der Waals surface area contributed by atoms with Crippen molar-refractivity contribution >= 4 is 5.95 Å². The highest BCUT2D eigenvalue weighted by atomic mass is 16.5. The van der Waals surface area contributed by atoms with Crippen molar-refractivity contribution < 1.29 is 4.74 Å². The monoisotopic (exact) mass is 315 g/mol. The second-order valence-corrected chi connectivity index (χ2v) is 5.90. The number of anilines is 1. The quantitative estimate of drug-likeness (QED) is 0.840. The fourth-order valence-electron chi connectivity index (χ4n) is 3.12. The molecule has 124 valence electrons. The number of piperazine rings is 1. The van der Waals surface area contributed by atoms with Crippen LogP contribution in [0.2, 0.25) is 0 Å². The molecule has 0 spiro atoms.